The summed E-state index contributed by atoms with van der Waals surface area (Å²) in [5.74, 6) is 0. The van der Waals surface area contributed by atoms with Crippen molar-refractivity contribution in [2.24, 2.45) is 0 Å². The van der Waals surface area contributed by atoms with Crippen molar-refractivity contribution in [2.45, 2.75) is 97.3 Å². The van der Waals surface area contributed by atoms with E-state index in [0.717, 1.165) is 25.7 Å². The van der Waals surface area contributed by atoms with Gasteiger partial charge >= 0.3 is 0 Å². The van der Waals surface area contributed by atoms with E-state index in [-0.39, 0.29) is 17.5 Å². The number of para-hydroxylation sites is 2. The number of nitrogens with zero attached hydrogens (tertiary/aromatic N) is 4. The molecule has 0 atom stereocenters. The van der Waals surface area contributed by atoms with Crippen molar-refractivity contribution >= 4 is 79.0 Å². The molecule has 0 spiro atoms. The molecule has 0 N–H and O–H groups in total. The van der Waals surface area contributed by atoms with Crippen molar-refractivity contribution in [3.05, 3.63) is 210 Å². The molecule has 0 saturated carbocycles. The van der Waals surface area contributed by atoms with E-state index in [1.54, 1.807) is 0 Å². The molecule has 0 unspecified atom stereocenters. The number of hydrogen-bond donors (Lipinski definition) is 0. The molecule has 14 rings (SSSR count). The average Bonchev–Trinajstić information content (AvgIpc) is 4.10. The monoisotopic (exact) mass is 932 g/mol. The number of anilines is 6. The molecule has 2 aliphatic carbocycles. The zero-order valence-electron chi connectivity index (χ0n) is 42.6. The summed E-state index contributed by atoms with van der Waals surface area (Å²) in [5.41, 5.74) is 27.4. The van der Waals surface area contributed by atoms with E-state index in [0.29, 0.717) is 0 Å². The lowest BCUT2D eigenvalue weighted by Crippen LogP contribution is -2.61. The van der Waals surface area contributed by atoms with E-state index in [1.807, 2.05) is 0 Å². The van der Waals surface area contributed by atoms with E-state index in [4.69, 9.17) is 0 Å². The first-order valence-electron chi connectivity index (χ1n) is 26.6. The van der Waals surface area contributed by atoms with Gasteiger partial charge < -0.3 is 18.9 Å². The molecular weight excluding hydrogens is 872 g/mol. The quantitative estimate of drug-likeness (QED) is 0.160. The van der Waals surface area contributed by atoms with Crippen LogP contribution >= 0.6 is 0 Å². The SMILES string of the molecule is CC(C)(C)c1ccc(N2c3ccc(-c4ccccc4)cc3B3c4ccc(-n5c6c(c7ccccc75)CCC6)cc4N(c4ccc(C(C)(C)C)cc4)c4cc(-n5c6c(c7ccccc75)CCCC6)cc2c43)cc1. The predicted molar refractivity (Wildman–Crippen MR) is 306 cm³/mol. The molecule has 10 aromatic rings. The molecule has 5 heteroatoms. The van der Waals surface area contributed by atoms with Crippen LogP contribution in [0.15, 0.2) is 176 Å². The minimum absolute atomic E-state index is 0.0172. The molecule has 0 bridgehead atoms. The smallest absolute Gasteiger partial charge is 0.252 e. The normalized spacial score (nSPS) is 14.9. The van der Waals surface area contributed by atoms with Crippen LogP contribution in [0.1, 0.15) is 94.4 Å². The van der Waals surface area contributed by atoms with Crippen LogP contribution in [-0.2, 0) is 36.5 Å². The second kappa shape index (κ2) is 16.0. The summed E-state index contributed by atoms with van der Waals surface area (Å²) in [6.07, 6.45) is 8.04. The van der Waals surface area contributed by atoms with Crippen molar-refractivity contribution in [2.75, 3.05) is 9.80 Å². The lowest BCUT2D eigenvalue weighted by Gasteiger charge is -2.45. The fraction of sp³-hybridized carbons (Fsp3) is 0.224. The summed E-state index contributed by atoms with van der Waals surface area (Å²) in [7, 11) is 0. The summed E-state index contributed by atoms with van der Waals surface area (Å²) >= 11 is 0. The summed E-state index contributed by atoms with van der Waals surface area (Å²) in [6, 6.07) is 68.1. The number of benzene rings is 8. The Morgan fingerprint density at radius 2 is 0.875 bits per heavy atom. The van der Waals surface area contributed by atoms with Crippen LogP contribution in [0.25, 0.3) is 44.3 Å². The maximum atomic E-state index is 2.65. The summed E-state index contributed by atoms with van der Waals surface area (Å²) < 4.78 is 5.24. The van der Waals surface area contributed by atoms with Gasteiger partial charge in [-0.15, -0.1) is 0 Å². The average molecular weight is 933 g/mol. The van der Waals surface area contributed by atoms with Gasteiger partial charge in [-0.05, 0) is 172 Å². The highest BCUT2D eigenvalue weighted by molar-refractivity contribution is 7.00. The highest BCUT2D eigenvalue weighted by Crippen LogP contribution is 2.48. The minimum atomic E-state index is -0.0376. The number of fused-ring (bicyclic) bond motifs is 10. The molecule has 72 heavy (non-hydrogen) atoms. The molecule has 0 amide bonds. The zero-order chi connectivity index (χ0) is 48.6. The second-order valence-electron chi connectivity index (χ2n) is 23.1. The van der Waals surface area contributed by atoms with Gasteiger partial charge in [-0.25, -0.2) is 0 Å². The third kappa shape index (κ3) is 6.58. The van der Waals surface area contributed by atoms with Gasteiger partial charge in [-0.2, -0.15) is 0 Å². The third-order valence-electron chi connectivity index (χ3n) is 16.8. The van der Waals surface area contributed by atoms with Crippen molar-refractivity contribution in [1.82, 2.24) is 9.13 Å². The molecular formula is C67H61BN4. The Balaban J connectivity index is 1.11. The maximum Gasteiger partial charge on any atom is 0.252 e. The molecule has 4 nitrogen and oxygen atoms in total. The Morgan fingerprint density at radius 3 is 1.49 bits per heavy atom. The number of rotatable bonds is 5. The summed E-state index contributed by atoms with van der Waals surface area (Å²) in [4.78, 5) is 5.24. The van der Waals surface area contributed by atoms with E-state index >= 15 is 0 Å². The van der Waals surface area contributed by atoms with Gasteiger partial charge in [0.05, 0.1) is 11.0 Å². The number of aryl methyl sites for hydroxylation is 2. The Labute approximate surface area is 425 Å². The first-order valence-corrected chi connectivity index (χ1v) is 26.6. The molecule has 2 aliphatic heterocycles. The van der Waals surface area contributed by atoms with Crippen molar-refractivity contribution < 1.29 is 0 Å². The Hall–Kier alpha value is -7.50. The minimum Gasteiger partial charge on any atom is -0.313 e. The molecule has 4 aliphatic rings. The molecule has 0 saturated heterocycles. The molecule has 352 valence electrons. The van der Waals surface area contributed by atoms with Gasteiger partial charge in [0.25, 0.3) is 6.71 Å². The Bertz CT molecular complexity index is 3800. The van der Waals surface area contributed by atoms with Crippen LogP contribution in [0.3, 0.4) is 0 Å². The first-order chi connectivity index (χ1) is 35.0. The Morgan fingerprint density at radius 1 is 0.375 bits per heavy atom. The molecule has 0 fully saturated rings. The van der Waals surface area contributed by atoms with Crippen LogP contribution in [0.4, 0.5) is 34.1 Å². The van der Waals surface area contributed by atoms with Gasteiger partial charge in [0.2, 0.25) is 0 Å². The van der Waals surface area contributed by atoms with E-state index in [9.17, 15) is 0 Å². The van der Waals surface area contributed by atoms with Gasteiger partial charge in [-0.3, -0.25) is 0 Å². The van der Waals surface area contributed by atoms with E-state index < -0.39 is 0 Å². The van der Waals surface area contributed by atoms with E-state index in [1.165, 1.54) is 148 Å². The largest absolute Gasteiger partial charge is 0.313 e. The molecule has 4 heterocycles. The number of hydrogen-bond acceptors (Lipinski definition) is 2. The van der Waals surface area contributed by atoms with Crippen molar-refractivity contribution in [3.8, 4) is 22.5 Å². The highest BCUT2D eigenvalue weighted by Gasteiger charge is 2.44. The predicted octanol–water partition coefficient (Wildman–Crippen LogP) is 15.3. The fourth-order valence-corrected chi connectivity index (χ4v) is 13.2. The van der Waals surface area contributed by atoms with Gasteiger partial charge in [0.1, 0.15) is 0 Å². The molecule has 2 aromatic heterocycles. The van der Waals surface area contributed by atoms with Gasteiger partial charge in [-0.1, -0.05) is 151 Å². The lowest BCUT2D eigenvalue weighted by molar-refractivity contribution is 0.590. The summed E-state index contributed by atoms with van der Waals surface area (Å²) in [5, 5.41) is 2.78. The van der Waals surface area contributed by atoms with Crippen LogP contribution in [-0.4, -0.2) is 15.8 Å². The highest BCUT2D eigenvalue weighted by atomic mass is 15.2. The van der Waals surface area contributed by atoms with Crippen LogP contribution in [0.5, 0.6) is 0 Å². The molecule has 0 radical (unpaired) electrons. The fourth-order valence-electron chi connectivity index (χ4n) is 13.2. The summed E-state index contributed by atoms with van der Waals surface area (Å²) in [6.45, 7) is 13.9. The van der Waals surface area contributed by atoms with Crippen LogP contribution in [0.2, 0.25) is 0 Å². The number of aromatic nitrogens is 2. The Kier molecular flexibility index (Phi) is 9.63. The second-order valence-corrected chi connectivity index (χ2v) is 23.1. The van der Waals surface area contributed by atoms with Gasteiger partial charge in [0.15, 0.2) is 0 Å². The van der Waals surface area contributed by atoms with E-state index in [2.05, 4.69) is 236 Å². The third-order valence-corrected chi connectivity index (χ3v) is 16.8. The maximum absolute atomic E-state index is 2.65. The zero-order valence-corrected chi connectivity index (χ0v) is 42.6. The first kappa shape index (κ1) is 43.3. The van der Waals surface area contributed by atoms with Crippen molar-refractivity contribution in [1.29, 1.82) is 0 Å². The van der Waals surface area contributed by atoms with Gasteiger partial charge in [0, 0.05) is 67.7 Å². The van der Waals surface area contributed by atoms with Crippen molar-refractivity contribution in [3.63, 3.8) is 0 Å². The van der Waals surface area contributed by atoms with Crippen LogP contribution < -0.4 is 26.2 Å². The lowest BCUT2D eigenvalue weighted by atomic mass is 9.33. The standard InChI is InChI=1S/C67H61BN4/c1-66(2,3)45-28-32-47(33-29-45)69-61-38-27-44(43-17-8-7-9-18-43)39-56(61)68-55-37-36-49(71-57-23-13-10-21-53(57)54-22-16-26-60(54)71)40-62(55)70(48-34-30-46(31-35-48)67(4,5)6)64-42-50(41-63(69)65(64)68)72-58-24-14-11-19-51(58)52-20-12-15-25-59(52)72/h7-11,13-14,17-19,21,23-24,27-42H,12,15-16,20,22,25-26H2,1-6H3. The topological polar surface area (TPSA) is 16.3 Å². The van der Waals surface area contributed by atoms with Crippen LogP contribution in [0, 0.1) is 0 Å². The molecule has 8 aromatic carbocycles.